The van der Waals surface area contributed by atoms with Crippen molar-refractivity contribution in [1.29, 1.82) is 0 Å². The Morgan fingerprint density at radius 1 is 1.19 bits per heavy atom. The molecule has 1 amide bonds. The molecule has 1 fully saturated rings. The molecule has 27 heavy (non-hydrogen) atoms. The van der Waals surface area contributed by atoms with Crippen LogP contribution in [0.25, 0.3) is 6.08 Å². The van der Waals surface area contributed by atoms with Gasteiger partial charge in [0.15, 0.2) is 5.17 Å². The summed E-state index contributed by atoms with van der Waals surface area (Å²) in [6, 6.07) is 14.0. The van der Waals surface area contributed by atoms with Crippen molar-refractivity contribution in [2.75, 3.05) is 13.7 Å². The molecule has 2 aromatic rings. The number of halogens is 1. The van der Waals surface area contributed by atoms with Crippen molar-refractivity contribution < 1.29 is 14.3 Å². The molecule has 1 aliphatic heterocycles. The van der Waals surface area contributed by atoms with Gasteiger partial charge in [-0.2, -0.15) is 0 Å². The van der Waals surface area contributed by atoms with E-state index in [0.29, 0.717) is 32.9 Å². The van der Waals surface area contributed by atoms with Gasteiger partial charge in [-0.3, -0.25) is 9.69 Å². The first-order chi connectivity index (χ1) is 13.0. The Morgan fingerprint density at radius 3 is 2.44 bits per heavy atom. The van der Waals surface area contributed by atoms with Crippen LogP contribution in [0.2, 0.25) is 5.02 Å². The summed E-state index contributed by atoms with van der Waals surface area (Å²) in [5.41, 5.74) is 2.01. The van der Waals surface area contributed by atoms with E-state index in [2.05, 4.69) is 9.73 Å². The van der Waals surface area contributed by atoms with Crippen molar-refractivity contribution in [3.63, 3.8) is 0 Å². The molecule has 0 bridgehead atoms. The fourth-order valence-electron chi connectivity index (χ4n) is 2.48. The highest BCUT2D eigenvalue weighted by molar-refractivity contribution is 8.18. The van der Waals surface area contributed by atoms with Gasteiger partial charge in [0.05, 0.1) is 23.3 Å². The van der Waals surface area contributed by atoms with Crippen LogP contribution in [0.4, 0.5) is 5.69 Å². The van der Waals surface area contributed by atoms with Gasteiger partial charge in [-0.25, -0.2) is 9.79 Å². The van der Waals surface area contributed by atoms with Gasteiger partial charge in [0.1, 0.15) is 0 Å². The van der Waals surface area contributed by atoms with Crippen molar-refractivity contribution in [3.8, 4) is 0 Å². The number of hydrogen-bond acceptors (Lipinski definition) is 5. The molecule has 7 heteroatoms. The van der Waals surface area contributed by atoms with Gasteiger partial charge in [-0.1, -0.05) is 23.7 Å². The molecule has 3 rings (SSSR count). The summed E-state index contributed by atoms with van der Waals surface area (Å²) in [5.74, 6) is -0.481. The minimum atomic E-state index is -0.400. The Kier molecular flexibility index (Phi) is 5.98. The lowest BCUT2D eigenvalue weighted by Gasteiger charge is -2.12. The number of nitrogens with zero attached hydrogens (tertiary/aromatic N) is 2. The third-order valence-corrected chi connectivity index (χ3v) is 5.14. The van der Waals surface area contributed by atoms with Gasteiger partial charge in [0.25, 0.3) is 5.91 Å². The maximum Gasteiger partial charge on any atom is 0.337 e. The third-order valence-electron chi connectivity index (χ3n) is 3.89. The Balaban J connectivity index is 1.86. The van der Waals surface area contributed by atoms with Crippen LogP contribution in [0, 0.1) is 0 Å². The van der Waals surface area contributed by atoms with E-state index in [-0.39, 0.29) is 5.91 Å². The molecule has 1 saturated heterocycles. The third kappa shape index (κ3) is 4.40. The Hall–Kier alpha value is -2.57. The first kappa shape index (κ1) is 19.2. The number of amides is 1. The molecule has 0 radical (unpaired) electrons. The number of amidine groups is 1. The zero-order valence-electron chi connectivity index (χ0n) is 14.8. The number of methoxy groups -OCH3 is 1. The monoisotopic (exact) mass is 400 g/mol. The molecule has 5 nitrogen and oxygen atoms in total. The lowest BCUT2D eigenvalue weighted by Crippen LogP contribution is -2.28. The van der Waals surface area contributed by atoms with Crippen LogP contribution in [0.3, 0.4) is 0 Å². The number of carbonyl (C=O) groups excluding carboxylic acids is 2. The SMILES string of the molecule is CCN1C(=O)/C(=C\c2ccc(Cl)cc2)SC1=Nc1ccc(C(=O)OC)cc1. The van der Waals surface area contributed by atoms with Crippen molar-refractivity contribution in [3.05, 3.63) is 69.6 Å². The van der Waals surface area contributed by atoms with Crippen LogP contribution in [0.5, 0.6) is 0 Å². The highest BCUT2D eigenvalue weighted by atomic mass is 35.5. The number of rotatable bonds is 4. The molecular formula is C20H17ClN2O3S. The molecule has 0 saturated carbocycles. The van der Waals surface area contributed by atoms with E-state index in [9.17, 15) is 9.59 Å². The normalized spacial score (nSPS) is 17.0. The van der Waals surface area contributed by atoms with Crippen LogP contribution in [0.15, 0.2) is 58.4 Å². The average Bonchev–Trinajstić information content (AvgIpc) is 2.97. The second-order valence-corrected chi connectivity index (χ2v) is 7.09. The summed E-state index contributed by atoms with van der Waals surface area (Å²) in [5, 5.41) is 1.25. The summed E-state index contributed by atoms with van der Waals surface area (Å²) in [4.78, 5) is 31.0. The first-order valence-corrected chi connectivity index (χ1v) is 9.45. The number of hydrogen-bond donors (Lipinski definition) is 0. The molecule has 2 aromatic carbocycles. The minimum Gasteiger partial charge on any atom is -0.465 e. The lowest BCUT2D eigenvalue weighted by atomic mass is 10.2. The number of likely N-dealkylation sites (N-methyl/N-ethyl adjacent to an activating group) is 1. The predicted molar refractivity (Wildman–Crippen MR) is 109 cm³/mol. The van der Waals surface area contributed by atoms with E-state index in [4.69, 9.17) is 11.6 Å². The van der Waals surface area contributed by atoms with E-state index in [1.165, 1.54) is 18.9 Å². The predicted octanol–water partition coefficient (Wildman–Crippen LogP) is 4.75. The molecule has 138 valence electrons. The highest BCUT2D eigenvalue weighted by Gasteiger charge is 2.32. The largest absolute Gasteiger partial charge is 0.465 e. The van der Waals surface area contributed by atoms with E-state index >= 15 is 0 Å². The zero-order valence-corrected chi connectivity index (χ0v) is 16.4. The van der Waals surface area contributed by atoms with Crippen molar-refractivity contribution >= 4 is 52.2 Å². The van der Waals surface area contributed by atoms with Gasteiger partial charge in [-0.05, 0) is 66.7 Å². The number of benzene rings is 2. The summed E-state index contributed by atoms with van der Waals surface area (Å²) >= 11 is 7.23. The number of ether oxygens (including phenoxy) is 1. The fourth-order valence-corrected chi connectivity index (χ4v) is 3.67. The van der Waals surface area contributed by atoms with Crippen molar-refractivity contribution in [2.45, 2.75) is 6.92 Å². The van der Waals surface area contributed by atoms with E-state index in [1.54, 1.807) is 41.3 Å². The van der Waals surface area contributed by atoms with Crippen LogP contribution < -0.4 is 0 Å². The molecule has 0 aliphatic carbocycles. The van der Waals surface area contributed by atoms with Gasteiger partial charge in [-0.15, -0.1) is 0 Å². The van der Waals surface area contributed by atoms with Crippen LogP contribution in [-0.4, -0.2) is 35.6 Å². The van der Waals surface area contributed by atoms with Crippen molar-refractivity contribution in [2.24, 2.45) is 4.99 Å². The topological polar surface area (TPSA) is 59.0 Å². The number of thioether (sulfide) groups is 1. The molecule has 0 atom stereocenters. The van der Waals surface area contributed by atoms with E-state index < -0.39 is 5.97 Å². The minimum absolute atomic E-state index is 0.0811. The summed E-state index contributed by atoms with van der Waals surface area (Å²) in [6.07, 6.45) is 1.83. The van der Waals surface area contributed by atoms with Gasteiger partial charge < -0.3 is 4.74 Å². The number of aliphatic imine (C=N–C) groups is 1. The van der Waals surface area contributed by atoms with Gasteiger partial charge in [0.2, 0.25) is 0 Å². The standard InChI is InChI=1S/C20H17ClN2O3S/c1-3-23-18(24)17(12-13-4-8-15(21)9-5-13)27-20(23)22-16-10-6-14(7-11-16)19(25)26-2/h4-12H,3H2,1-2H3/b17-12+,22-20?. The second-order valence-electron chi connectivity index (χ2n) is 5.64. The Morgan fingerprint density at radius 2 is 1.85 bits per heavy atom. The molecule has 0 aromatic heterocycles. The maximum absolute atomic E-state index is 12.7. The zero-order chi connectivity index (χ0) is 19.4. The first-order valence-electron chi connectivity index (χ1n) is 8.26. The summed E-state index contributed by atoms with van der Waals surface area (Å²) in [7, 11) is 1.34. The number of esters is 1. The van der Waals surface area contributed by atoms with Gasteiger partial charge in [0, 0.05) is 11.6 Å². The smallest absolute Gasteiger partial charge is 0.337 e. The second kappa shape index (κ2) is 8.41. The Labute approximate surface area is 166 Å². The van der Waals surface area contributed by atoms with E-state index in [1.807, 2.05) is 25.1 Å². The molecule has 0 spiro atoms. The van der Waals surface area contributed by atoms with Crippen LogP contribution >= 0.6 is 23.4 Å². The van der Waals surface area contributed by atoms with E-state index in [0.717, 1.165) is 5.56 Å². The molecular weight excluding hydrogens is 384 g/mol. The molecule has 1 aliphatic rings. The fraction of sp³-hybridized carbons (Fsp3) is 0.150. The van der Waals surface area contributed by atoms with Crippen molar-refractivity contribution in [1.82, 2.24) is 4.90 Å². The van der Waals surface area contributed by atoms with Crippen LogP contribution in [-0.2, 0) is 9.53 Å². The lowest BCUT2D eigenvalue weighted by molar-refractivity contribution is -0.122. The summed E-state index contributed by atoms with van der Waals surface area (Å²) in [6.45, 7) is 2.42. The average molecular weight is 401 g/mol. The highest BCUT2D eigenvalue weighted by Crippen LogP contribution is 2.34. The van der Waals surface area contributed by atoms with Crippen LogP contribution in [0.1, 0.15) is 22.8 Å². The molecule has 0 unspecified atom stereocenters. The van der Waals surface area contributed by atoms with Gasteiger partial charge >= 0.3 is 5.97 Å². The summed E-state index contributed by atoms with van der Waals surface area (Å²) < 4.78 is 4.69. The molecule has 0 N–H and O–H groups in total. The maximum atomic E-state index is 12.7. The quantitative estimate of drug-likeness (QED) is 0.549. The Bertz CT molecular complexity index is 921. The molecule has 1 heterocycles. The number of carbonyl (C=O) groups is 2.